The fourth-order valence-electron chi connectivity index (χ4n) is 2.22. The standard InChI is InChI=1S/C20H22F2O/c1-3-5-19(21)20(22)17-10-12-18(13-11-17)23-14-16-8-6-15(4-2)7-9-16/h6-13H,3-5,14H2,1-2H3. The van der Waals surface area contributed by atoms with Crippen LogP contribution in [-0.4, -0.2) is 0 Å². The van der Waals surface area contributed by atoms with Crippen molar-refractivity contribution in [3.05, 3.63) is 71.0 Å². The third-order valence-electron chi connectivity index (χ3n) is 3.65. The molecule has 0 aliphatic carbocycles. The Balaban J connectivity index is 1.98. The Hall–Kier alpha value is -2.16. The maximum absolute atomic E-state index is 13.8. The fourth-order valence-corrected chi connectivity index (χ4v) is 2.22. The van der Waals surface area contributed by atoms with Gasteiger partial charge in [0.25, 0.3) is 0 Å². The van der Waals surface area contributed by atoms with Gasteiger partial charge >= 0.3 is 0 Å². The predicted octanol–water partition coefficient (Wildman–Crippen LogP) is 6.24. The van der Waals surface area contributed by atoms with Gasteiger partial charge in [0.2, 0.25) is 0 Å². The van der Waals surface area contributed by atoms with Gasteiger partial charge in [-0.2, -0.15) is 0 Å². The lowest BCUT2D eigenvalue weighted by atomic mass is 10.1. The molecule has 0 aliphatic heterocycles. The van der Waals surface area contributed by atoms with Crippen molar-refractivity contribution in [2.45, 2.75) is 39.7 Å². The first-order chi connectivity index (χ1) is 11.1. The van der Waals surface area contributed by atoms with E-state index in [0.717, 1.165) is 12.0 Å². The largest absolute Gasteiger partial charge is 0.489 e. The minimum atomic E-state index is -0.784. The first-order valence-electron chi connectivity index (χ1n) is 7.99. The van der Waals surface area contributed by atoms with Crippen molar-refractivity contribution in [2.24, 2.45) is 0 Å². The van der Waals surface area contributed by atoms with Gasteiger partial charge in [-0.15, -0.1) is 0 Å². The van der Waals surface area contributed by atoms with Gasteiger partial charge in [-0.3, -0.25) is 0 Å². The van der Waals surface area contributed by atoms with Crippen molar-refractivity contribution in [1.29, 1.82) is 0 Å². The maximum atomic E-state index is 13.8. The molecular weight excluding hydrogens is 294 g/mol. The lowest BCUT2D eigenvalue weighted by Gasteiger charge is -2.08. The van der Waals surface area contributed by atoms with Crippen molar-refractivity contribution in [2.75, 3.05) is 0 Å². The second-order valence-corrected chi connectivity index (χ2v) is 5.45. The Kier molecular flexibility index (Phi) is 6.33. The molecule has 0 unspecified atom stereocenters. The first kappa shape index (κ1) is 17.2. The van der Waals surface area contributed by atoms with E-state index in [2.05, 4.69) is 19.1 Å². The van der Waals surface area contributed by atoms with Gasteiger partial charge in [0.1, 0.15) is 18.2 Å². The monoisotopic (exact) mass is 316 g/mol. The summed E-state index contributed by atoms with van der Waals surface area (Å²) in [6.45, 7) is 4.38. The maximum Gasteiger partial charge on any atom is 0.161 e. The second-order valence-electron chi connectivity index (χ2n) is 5.45. The zero-order valence-electron chi connectivity index (χ0n) is 13.6. The minimum absolute atomic E-state index is 0.123. The van der Waals surface area contributed by atoms with Gasteiger partial charge in [0, 0.05) is 12.0 Å². The average Bonchev–Trinajstić information content (AvgIpc) is 2.60. The summed E-state index contributed by atoms with van der Waals surface area (Å²) < 4.78 is 33.0. The van der Waals surface area contributed by atoms with Crippen molar-refractivity contribution in [1.82, 2.24) is 0 Å². The molecule has 122 valence electrons. The number of allylic oxidation sites excluding steroid dienone is 1. The van der Waals surface area contributed by atoms with E-state index >= 15 is 0 Å². The lowest BCUT2D eigenvalue weighted by molar-refractivity contribution is 0.306. The quantitative estimate of drug-likeness (QED) is 0.588. The highest BCUT2D eigenvalue weighted by Crippen LogP contribution is 2.26. The molecule has 2 aromatic rings. The van der Waals surface area contributed by atoms with Crippen molar-refractivity contribution in [3.63, 3.8) is 0 Å². The predicted molar refractivity (Wildman–Crippen MR) is 90.6 cm³/mol. The average molecular weight is 316 g/mol. The molecule has 2 aromatic carbocycles. The van der Waals surface area contributed by atoms with Crippen LogP contribution in [0.25, 0.3) is 5.83 Å². The number of halogens is 2. The summed E-state index contributed by atoms with van der Waals surface area (Å²) in [5.41, 5.74) is 2.61. The molecule has 0 saturated heterocycles. The van der Waals surface area contributed by atoms with E-state index in [4.69, 9.17) is 4.74 Å². The molecule has 0 amide bonds. The number of aryl methyl sites for hydroxylation is 1. The SMILES string of the molecule is CCCC(F)=C(F)c1ccc(OCc2ccc(CC)cc2)cc1. The Bertz CT molecular complexity index is 642. The molecule has 0 atom stereocenters. The van der Waals surface area contributed by atoms with E-state index < -0.39 is 11.7 Å². The van der Waals surface area contributed by atoms with E-state index in [0.29, 0.717) is 18.8 Å². The smallest absolute Gasteiger partial charge is 0.161 e. The molecule has 0 spiro atoms. The van der Waals surface area contributed by atoms with Crippen LogP contribution in [0.15, 0.2) is 54.4 Å². The highest BCUT2D eigenvalue weighted by Gasteiger charge is 2.08. The zero-order chi connectivity index (χ0) is 16.7. The van der Waals surface area contributed by atoms with E-state index in [1.54, 1.807) is 24.3 Å². The molecular formula is C20H22F2O. The normalized spacial score (nSPS) is 12.0. The number of benzene rings is 2. The minimum Gasteiger partial charge on any atom is -0.489 e. The Morgan fingerprint density at radius 1 is 0.870 bits per heavy atom. The number of hydrogen-bond donors (Lipinski definition) is 0. The summed E-state index contributed by atoms with van der Waals surface area (Å²) in [4.78, 5) is 0. The van der Waals surface area contributed by atoms with Crippen molar-refractivity contribution < 1.29 is 13.5 Å². The molecule has 0 aromatic heterocycles. The third kappa shape index (κ3) is 4.92. The van der Waals surface area contributed by atoms with E-state index in [1.807, 2.05) is 19.1 Å². The Labute approximate surface area is 136 Å². The molecule has 2 rings (SSSR count). The highest BCUT2D eigenvalue weighted by atomic mass is 19.2. The molecule has 0 heterocycles. The molecule has 0 radical (unpaired) electrons. The van der Waals surface area contributed by atoms with Crippen LogP contribution in [0, 0.1) is 0 Å². The second kappa shape index (κ2) is 8.47. The summed E-state index contributed by atoms with van der Waals surface area (Å²) in [6.07, 6.45) is 1.71. The van der Waals surface area contributed by atoms with Gasteiger partial charge in [0.15, 0.2) is 5.83 Å². The number of rotatable bonds is 7. The molecule has 0 saturated carbocycles. The summed E-state index contributed by atoms with van der Waals surface area (Å²) in [7, 11) is 0. The summed E-state index contributed by atoms with van der Waals surface area (Å²) >= 11 is 0. The summed E-state index contributed by atoms with van der Waals surface area (Å²) in [5, 5.41) is 0. The summed E-state index contributed by atoms with van der Waals surface area (Å²) in [5.74, 6) is -0.845. The van der Waals surface area contributed by atoms with Crippen molar-refractivity contribution >= 4 is 5.83 Å². The van der Waals surface area contributed by atoms with Crippen LogP contribution in [0.4, 0.5) is 8.78 Å². The molecule has 3 heteroatoms. The summed E-state index contributed by atoms with van der Waals surface area (Å²) in [6, 6.07) is 14.6. The van der Waals surface area contributed by atoms with E-state index in [9.17, 15) is 8.78 Å². The van der Waals surface area contributed by atoms with Crippen LogP contribution in [0.3, 0.4) is 0 Å². The van der Waals surface area contributed by atoms with E-state index in [1.165, 1.54) is 5.56 Å². The number of hydrogen-bond acceptors (Lipinski definition) is 1. The molecule has 0 fully saturated rings. The van der Waals surface area contributed by atoms with Crippen molar-refractivity contribution in [3.8, 4) is 5.75 Å². The fraction of sp³-hybridized carbons (Fsp3) is 0.300. The van der Waals surface area contributed by atoms with Gasteiger partial charge in [-0.1, -0.05) is 38.1 Å². The lowest BCUT2D eigenvalue weighted by Crippen LogP contribution is -1.96. The van der Waals surface area contributed by atoms with E-state index in [-0.39, 0.29) is 12.0 Å². The molecule has 23 heavy (non-hydrogen) atoms. The van der Waals surface area contributed by atoms with Gasteiger partial charge in [-0.25, -0.2) is 8.78 Å². The Morgan fingerprint density at radius 3 is 2.04 bits per heavy atom. The van der Waals surface area contributed by atoms with Gasteiger partial charge < -0.3 is 4.74 Å². The van der Waals surface area contributed by atoms with Gasteiger partial charge in [0.05, 0.1) is 0 Å². The van der Waals surface area contributed by atoms with Crippen LogP contribution in [-0.2, 0) is 13.0 Å². The van der Waals surface area contributed by atoms with Gasteiger partial charge in [-0.05, 0) is 48.2 Å². The molecule has 0 bridgehead atoms. The molecule has 0 aliphatic rings. The number of ether oxygens (including phenoxy) is 1. The van der Waals surface area contributed by atoms with Crippen LogP contribution in [0.2, 0.25) is 0 Å². The zero-order valence-corrected chi connectivity index (χ0v) is 13.6. The highest BCUT2D eigenvalue weighted by molar-refractivity contribution is 5.61. The molecule has 0 N–H and O–H groups in total. The van der Waals surface area contributed by atoms with Crippen LogP contribution in [0.5, 0.6) is 5.75 Å². The first-order valence-corrected chi connectivity index (χ1v) is 7.99. The Morgan fingerprint density at radius 2 is 1.48 bits per heavy atom. The van der Waals surface area contributed by atoms with Crippen LogP contribution >= 0.6 is 0 Å². The molecule has 1 nitrogen and oxygen atoms in total. The topological polar surface area (TPSA) is 9.23 Å². The van der Waals surface area contributed by atoms with Crippen LogP contribution < -0.4 is 4.74 Å². The third-order valence-corrected chi connectivity index (χ3v) is 3.65. The van der Waals surface area contributed by atoms with Crippen LogP contribution in [0.1, 0.15) is 43.4 Å².